The van der Waals surface area contributed by atoms with E-state index in [2.05, 4.69) is 41.4 Å². The van der Waals surface area contributed by atoms with Crippen molar-refractivity contribution < 1.29 is 0 Å². The predicted molar refractivity (Wildman–Crippen MR) is 71.1 cm³/mol. The van der Waals surface area contributed by atoms with Gasteiger partial charge in [-0.3, -0.25) is 5.10 Å². The van der Waals surface area contributed by atoms with Gasteiger partial charge in [-0.15, -0.1) is 0 Å². The number of aromatic nitrogens is 3. The summed E-state index contributed by atoms with van der Waals surface area (Å²) in [7, 11) is 2.06. The molecule has 1 aromatic heterocycles. The maximum Gasteiger partial charge on any atom is 0.183 e. The summed E-state index contributed by atoms with van der Waals surface area (Å²) in [5.74, 6) is 1.63. The Kier molecular flexibility index (Phi) is 4.45. The first-order valence-electron chi connectivity index (χ1n) is 6.40. The molecule has 1 saturated carbocycles. The van der Waals surface area contributed by atoms with Gasteiger partial charge in [0, 0.05) is 11.3 Å². The molecule has 0 spiro atoms. The molecule has 3 atom stereocenters. The van der Waals surface area contributed by atoms with Crippen LogP contribution in [0, 0.1) is 11.8 Å². The minimum atomic E-state index is 0.597. The zero-order valence-electron chi connectivity index (χ0n) is 10.8. The fourth-order valence-electron chi connectivity index (χ4n) is 2.62. The van der Waals surface area contributed by atoms with Crippen LogP contribution in [0.1, 0.15) is 33.1 Å². The predicted octanol–water partition coefficient (Wildman–Crippen LogP) is 2.31. The van der Waals surface area contributed by atoms with Crippen LogP contribution >= 0.6 is 11.8 Å². The van der Waals surface area contributed by atoms with Crippen molar-refractivity contribution in [1.82, 2.24) is 20.5 Å². The smallest absolute Gasteiger partial charge is 0.183 e. The molecule has 0 bridgehead atoms. The molecule has 17 heavy (non-hydrogen) atoms. The fraction of sp³-hybridized carbons (Fsp3) is 0.833. The Balaban J connectivity index is 1.99. The molecule has 1 aliphatic rings. The van der Waals surface area contributed by atoms with Gasteiger partial charge in [0.25, 0.3) is 0 Å². The summed E-state index contributed by atoms with van der Waals surface area (Å²) in [5, 5.41) is 11.9. The van der Waals surface area contributed by atoms with Crippen molar-refractivity contribution in [3.63, 3.8) is 0 Å². The minimum absolute atomic E-state index is 0.597. The Hall–Kier alpha value is -0.550. The average Bonchev–Trinajstić information content (AvgIpc) is 2.81. The van der Waals surface area contributed by atoms with E-state index in [0.29, 0.717) is 11.3 Å². The van der Waals surface area contributed by atoms with E-state index >= 15 is 0 Å². The summed E-state index contributed by atoms with van der Waals surface area (Å²) in [4.78, 5) is 4.22. The number of rotatable bonds is 4. The molecule has 1 fully saturated rings. The SMILES string of the molecule is CNC1CCC(C(C)C)CC1Sc1ncn[nH]1. The summed E-state index contributed by atoms with van der Waals surface area (Å²) in [6, 6.07) is 0.597. The Bertz CT molecular complexity index is 325. The van der Waals surface area contributed by atoms with Crippen molar-refractivity contribution in [2.45, 2.75) is 49.6 Å². The lowest BCUT2D eigenvalue weighted by molar-refractivity contribution is 0.251. The molecule has 5 heteroatoms. The molecule has 0 radical (unpaired) electrons. The van der Waals surface area contributed by atoms with Crippen molar-refractivity contribution >= 4 is 11.8 Å². The lowest BCUT2D eigenvalue weighted by atomic mass is 9.79. The molecule has 4 nitrogen and oxygen atoms in total. The first-order valence-corrected chi connectivity index (χ1v) is 7.28. The standard InChI is InChI=1S/C12H22N4S/c1-8(2)9-4-5-10(13-3)11(6-9)17-12-14-7-15-16-12/h7-11,13H,4-6H2,1-3H3,(H,14,15,16). The highest BCUT2D eigenvalue weighted by molar-refractivity contribution is 7.99. The van der Waals surface area contributed by atoms with Gasteiger partial charge in [0.2, 0.25) is 0 Å². The Morgan fingerprint density at radius 2 is 2.29 bits per heavy atom. The van der Waals surface area contributed by atoms with E-state index in [9.17, 15) is 0 Å². The third kappa shape index (κ3) is 3.22. The Morgan fingerprint density at radius 1 is 1.47 bits per heavy atom. The van der Waals surface area contributed by atoms with E-state index in [4.69, 9.17) is 0 Å². The average molecular weight is 254 g/mol. The van der Waals surface area contributed by atoms with Crippen LogP contribution < -0.4 is 5.32 Å². The zero-order valence-corrected chi connectivity index (χ0v) is 11.6. The molecule has 1 aliphatic carbocycles. The highest BCUT2D eigenvalue weighted by Crippen LogP contribution is 2.37. The van der Waals surface area contributed by atoms with Gasteiger partial charge in [0.05, 0.1) is 0 Å². The third-order valence-electron chi connectivity index (χ3n) is 3.80. The highest BCUT2D eigenvalue weighted by atomic mass is 32.2. The van der Waals surface area contributed by atoms with E-state index < -0.39 is 0 Å². The van der Waals surface area contributed by atoms with E-state index in [1.165, 1.54) is 19.3 Å². The molecule has 2 N–H and O–H groups in total. The largest absolute Gasteiger partial charge is 0.316 e. The van der Waals surface area contributed by atoms with E-state index in [1.54, 1.807) is 6.33 Å². The van der Waals surface area contributed by atoms with Crippen molar-refractivity contribution in [3.05, 3.63) is 6.33 Å². The monoisotopic (exact) mass is 254 g/mol. The Labute approximate surface area is 107 Å². The second-order valence-corrected chi connectivity index (χ2v) is 6.39. The van der Waals surface area contributed by atoms with Crippen molar-refractivity contribution in [3.8, 4) is 0 Å². The molecule has 3 unspecified atom stereocenters. The second-order valence-electron chi connectivity index (χ2n) is 5.16. The topological polar surface area (TPSA) is 53.6 Å². The lowest BCUT2D eigenvalue weighted by Gasteiger charge is -2.36. The number of H-pyrrole nitrogens is 1. The first kappa shape index (κ1) is 12.9. The molecule has 0 amide bonds. The Morgan fingerprint density at radius 3 is 2.88 bits per heavy atom. The van der Waals surface area contributed by atoms with Crippen molar-refractivity contribution in [2.24, 2.45) is 11.8 Å². The second kappa shape index (κ2) is 5.87. The van der Waals surface area contributed by atoms with Crippen LogP contribution in [0.4, 0.5) is 0 Å². The summed E-state index contributed by atoms with van der Waals surface area (Å²) < 4.78 is 0. The molecular formula is C12H22N4S. The zero-order chi connectivity index (χ0) is 12.3. The number of aromatic amines is 1. The van der Waals surface area contributed by atoms with Crippen LogP contribution in [0.5, 0.6) is 0 Å². The van der Waals surface area contributed by atoms with E-state index in [0.717, 1.165) is 17.0 Å². The normalized spacial score (nSPS) is 29.8. The molecule has 1 heterocycles. The van der Waals surface area contributed by atoms with Gasteiger partial charge in [0.1, 0.15) is 6.33 Å². The van der Waals surface area contributed by atoms with Gasteiger partial charge in [-0.05, 0) is 38.1 Å². The molecule has 0 aliphatic heterocycles. The van der Waals surface area contributed by atoms with Crippen LogP contribution in [0.3, 0.4) is 0 Å². The van der Waals surface area contributed by atoms with Crippen molar-refractivity contribution in [1.29, 1.82) is 0 Å². The summed E-state index contributed by atoms with van der Waals surface area (Å²) >= 11 is 1.83. The molecule has 96 valence electrons. The number of nitrogens with zero attached hydrogens (tertiary/aromatic N) is 2. The molecule has 1 aromatic rings. The first-order chi connectivity index (χ1) is 8.20. The van der Waals surface area contributed by atoms with Crippen LogP contribution in [0.25, 0.3) is 0 Å². The molecule has 0 saturated heterocycles. The minimum Gasteiger partial charge on any atom is -0.316 e. The fourth-order valence-corrected chi connectivity index (χ4v) is 3.90. The van der Waals surface area contributed by atoms with Gasteiger partial charge in [-0.25, -0.2) is 4.98 Å². The van der Waals surface area contributed by atoms with E-state index in [-0.39, 0.29) is 0 Å². The quantitative estimate of drug-likeness (QED) is 0.866. The highest BCUT2D eigenvalue weighted by Gasteiger charge is 2.32. The molecular weight excluding hydrogens is 232 g/mol. The maximum atomic E-state index is 4.22. The lowest BCUT2D eigenvalue weighted by Crippen LogP contribution is -2.41. The van der Waals surface area contributed by atoms with Crippen LogP contribution in [-0.4, -0.2) is 33.5 Å². The molecule has 2 rings (SSSR count). The van der Waals surface area contributed by atoms with Crippen molar-refractivity contribution in [2.75, 3.05) is 7.05 Å². The number of thioether (sulfide) groups is 1. The summed E-state index contributed by atoms with van der Waals surface area (Å²) in [6.45, 7) is 4.67. The van der Waals surface area contributed by atoms with Crippen LogP contribution in [0.2, 0.25) is 0 Å². The summed E-state index contributed by atoms with van der Waals surface area (Å²) in [5.41, 5.74) is 0. The number of hydrogen-bond acceptors (Lipinski definition) is 4. The van der Waals surface area contributed by atoms with Gasteiger partial charge in [-0.2, -0.15) is 5.10 Å². The maximum absolute atomic E-state index is 4.22. The van der Waals surface area contributed by atoms with Gasteiger partial charge < -0.3 is 5.32 Å². The molecule has 0 aromatic carbocycles. The van der Waals surface area contributed by atoms with Gasteiger partial charge in [0.15, 0.2) is 5.16 Å². The van der Waals surface area contributed by atoms with Gasteiger partial charge >= 0.3 is 0 Å². The van der Waals surface area contributed by atoms with Crippen LogP contribution in [0.15, 0.2) is 11.5 Å². The number of nitrogens with one attached hydrogen (secondary N) is 2. The summed E-state index contributed by atoms with van der Waals surface area (Å²) in [6.07, 6.45) is 5.47. The van der Waals surface area contributed by atoms with E-state index in [1.807, 2.05) is 11.8 Å². The van der Waals surface area contributed by atoms with Crippen LogP contribution in [-0.2, 0) is 0 Å². The number of hydrogen-bond donors (Lipinski definition) is 2. The third-order valence-corrected chi connectivity index (χ3v) is 5.05. The van der Waals surface area contributed by atoms with Gasteiger partial charge in [-0.1, -0.05) is 25.6 Å².